The highest BCUT2D eigenvalue weighted by Crippen LogP contribution is 2.23. The highest BCUT2D eigenvalue weighted by molar-refractivity contribution is 9.10. The van der Waals surface area contributed by atoms with Gasteiger partial charge in [0.25, 0.3) is 5.91 Å². The Morgan fingerprint density at radius 2 is 1.72 bits per heavy atom. The molecular formula is C23H18BrClN2O5. The first-order valence-electron chi connectivity index (χ1n) is 9.30. The van der Waals surface area contributed by atoms with Crippen molar-refractivity contribution in [3.63, 3.8) is 0 Å². The number of halogens is 2. The summed E-state index contributed by atoms with van der Waals surface area (Å²) in [6, 6.07) is 18.2. The van der Waals surface area contributed by atoms with E-state index in [1.807, 2.05) is 0 Å². The first-order valence-corrected chi connectivity index (χ1v) is 10.5. The molecule has 0 aromatic heterocycles. The molecule has 3 aromatic carbocycles. The zero-order valence-electron chi connectivity index (χ0n) is 16.9. The van der Waals surface area contributed by atoms with Crippen molar-refractivity contribution in [1.82, 2.24) is 5.43 Å². The summed E-state index contributed by atoms with van der Waals surface area (Å²) in [6.07, 6.45) is 1.38. The van der Waals surface area contributed by atoms with Gasteiger partial charge in [-0.2, -0.15) is 5.10 Å². The number of hydrogen-bond acceptors (Lipinski definition) is 6. The molecule has 0 aliphatic heterocycles. The van der Waals surface area contributed by atoms with Crippen LogP contribution in [-0.4, -0.2) is 31.8 Å². The number of hydrogen-bond donors (Lipinski definition) is 1. The molecule has 32 heavy (non-hydrogen) atoms. The van der Waals surface area contributed by atoms with E-state index in [4.69, 9.17) is 25.8 Å². The summed E-state index contributed by atoms with van der Waals surface area (Å²) in [4.78, 5) is 24.4. The van der Waals surface area contributed by atoms with E-state index in [1.54, 1.807) is 73.8 Å². The van der Waals surface area contributed by atoms with Gasteiger partial charge >= 0.3 is 5.97 Å². The third kappa shape index (κ3) is 6.83. The average Bonchev–Trinajstić information content (AvgIpc) is 2.80. The van der Waals surface area contributed by atoms with Gasteiger partial charge in [0.1, 0.15) is 17.2 Å². The van der Waals surface area contributed by atoms with Crippen LogP contribution in [0.5, 0.6) is 17.2 Å². The molecule has 0 bridgehead atoms. The van der Waals surface area contributed by atoms with E-state index in [-0.39, 0.29) is 12.4 Å². The van der Waals surface area contributed by atoms with Gasteiger partial charge in [0, 0.05) is 15.1 Å². The summed E-state index contributed by atoms with van der Waals surface area (Å²) in [5.41, 5.74) is 3.21. The number of nitrogens with zero attached hydrogens (tertiary/aromatic N) is 1. The van der Waals surface area contributed by atoms with Gasteiger partial charge in [-0.05, 0) is 66.7 Å². The number of nitrogens with one attached hydrogen (secondary N) is 1. The van der Waals surface area contributed by atoms with Crippen molar-refractivity contribution in [3.05, 3.63) is 87.4 Å². The fourth-order valence-electron chi connectivity index (χ4n) is 2.48. The molecule has 0 spiro atoms. The molecule has 0 saturated heterocycles. The van der Waals surface area contributed by atoms with Crippen molar-refractivity contribution in [2.24, 2.45) is 5.10 Å². The van der Waals surface area contributed by atoms with Gasteiger partial charge in [0.05, 0.1) is 18.9 Å². The SMILES string of the molecule is COc1ccc(OCC(=O)N/N=C\c2cc(Br)ccc2OC(=O)c2ccc(Cl)cc2)cc1. The van der Waals surface area contributed by atoms with Gasteiger partial charge in [0.2, 0.25) is 0 Å². The maximum Gasteiger partial charge on any atom is 0.343 e. The van der Waals surface area contributed by atoms with Crippen molar-refractivity contribution in [1.29, 1.82) is 0 Å². The van der Waals surface area contributed by atoms with Crippen LogP contribution >= 0.6 is 27.5 Å². The Balaban J connectivity index is 1.59. The first-order chi connectivity index (χ1) is 15.4. The Morgan fingerprint density at radius 1 is 1.03 bits per heavy atom. The van der Waals surface area contributed by atoms with Gasteiger partial charge in [-0.3, -0.25) is 4.79 Å². The van der Waals surface area contributed by atoms with Crippen LogP contribution in [0.15, 0.2) is 76.3 Å². The van der Waals surface area contributed by atoms with Crippen molar-refractivity contribution >= 4 is 45.6 Å². The number of carbonyl (C=O) groups excluding carboxylic acids is 2. The zero-order chi connectivity index (χ0) is 22.9. The van der Waals surface area contributed by atoms with E-state index in [1.165, 1.54) is 6.21 Å². The van der Waals surface area contributed by atoms with Gasteiger partial charge in [-0.1, -0.05) is 27.5 Å². The van der Waals surface area contributed by atoms with Crippen LogP contribution in [0.1, 0.15) is 15.9 Å². The second-order valence-corrected chi connectivity index (χ2v) is 7.69. The van der Waals surface area contributed by atoms with E-state index < -0.39 is 11.9 Å². The highest BCUT2D eigenvalue weighted by atomic mass is 79.9. The van der Waals surface area contributed by atoms with E-state index in [0.29, 0.717) is 27.6 Å². The van der Waals surface area contributed by atoms with Crippen molar-refractivity contribution in [2.75, 3.05) is 13.7 Å². The van der Waals surface area contributed by atoms with Crippen LogP contribution in [0, 0.1) is 0 Å². The quantitative estimate of drug-likeness (QED) is 0.200. The summed E-state index contributed by atoms with van der Waals surface area (Å²) in [6.45, 7) is -0.222. The topological polar surface area (TPSA) is 86.2 Å². The lowest BCUT2D eigenvalue weighted by Gasteiger charge is -2.08. The number of hydrazone groups is 1. The van der Waals surface area contributed by atoms with Crippen LogP contribution in [0.25, 0.3) is 0 Å². The van der Waals surface area contributed by atoms with Gasteiger partial charge in [0.15, 0.2) is 6.61 Å². The number of rotatable bonds is 8. The third-order valence-corrected chi connectivity index (χ3v) is 4.82. The molecule has 9 heteroatoms. The molecule has 3 rings (SSSR count). The van der Waals surface area contributed by atoms with E-state index in [9.17, 15) is 9.59 Å². The smallest absolute Gasteiger partial charge is 0.343 e. The van der Waals surface area contributed by atoms with Crippen LogP contribution in [-0.2, 0) is 4.79 Å². The fourth-order valence-corrected chi connectivity index (χ4v) is 2.99. The molecular weight excluding hydrogens is 500 g/mol. The predicted molar refractivity (Wildman–Crippen MR) is 125 cm³/mol. The summed E-state index contributed by atoms with van der Waals surface area (Å²) >= 11 is 9.21. The maximum absolute atomic E-state index is 12.4. The number of ether oxygens (including phenoxy) is 3. The van der Waals surface area contributed by atoms with Crippen LogP contribution in [0.3, 0.4) is 0 Å². The van der Waals surface area contributed by atoms with E-state index in [2.05, 4.69) is 26.5 Å². The van der Waals surface area contributed by atoms with Crippen molar-refractivity contribution in [3.8, 4) is 17.2 Å². The number of benzene rings is 3. The van der Waals surface area contributed by atoms with Crippen LogP contribution < -0.4 is 19.6 Å². The number of amides is 1. The molecule has 0 unspecified atom stereocenters. The predicted octanol–water partition coefficient (Wildman–Crippen LogP) is 4.86. The molecule has 0 aliphatic rings. The minimum atomic E-state index is -0.546. The van der Waals surface area contributed by atoms with Gasteiger partial charge in [-0.15, -0.1) is 0 Å². The van der Waals surface area contributed by atoms with Crippen LogP contribution in [0.2, 0.25) is 5.02 Å². The lowest BCUT2D eigenvalue weighted by molar-refractivity contribution is -0.123. The standard InChI is InChI=1S/C23H18BrClN2O5/c1-30-19-7-9-20(10-8-19)31-14-22(28)27-26-13-16-12-17(24)4-11-21(16)32-23(29)15-2-5-18(25)6-3-15/h2-13H,14H2,1H3,(H,27,28)/b26-13-. The van der Waals surface area contributed by atoms with Gasteiger partial charge < -0.3 is 14.2 Å². The monoisotopic (exact) mass is 516 g/mol. The molecule has 0 atom stereocenters. The maximum atomic E-state index is 12.4. The lowest BCUT2D eigenvalue weighted by atomic mass is 10.2. The Morgan fingerprint density at radius 3 is 2.41 bits per heavy atom. The first kappa shape index (κ1) is 23.3. The Hall–Kier alpha value is -3.36. The summed E-state index contributed by atoms with van der Waals surface area (Å²) in [5, 5.41) is 4.44. The van der Waals surface area contributed by atoms with Crippen molar-refractivity contribution in [2.45, 2.75) is 0 Å². The number of methoxy groups -OCH3 is 1. The molecule has 7 nitrogen and oxygen atoms in total. The second kappa shape index (κ2) is 11.3. The lowest BCUT2D eigenvalue weighted by Crippen LogP contribution is -2.24. The Bertz CT molecular complexity index is 1120. The summed E-state index contributed by atoms with van der Waals surface area (Å²) in [7, 11) is 1.57. The molecule has 0 aliphatic carbocycles. The Labute approximate surface area is 198 Å². The largest absolute Gasteiger partial charge is 0.497 e. The summed E-state index contributed by atoms with van der Waals surface area (Å²) in [5.74, 6) is 0.490. The normalized spacial score (nSPS) is 10.6. The molecule has 0 radical (unpaired) electrons. The molecule has 164 valence electrons. The molecule has 0 saturated carbocycles. The molecule has 1 amide bonds. The van der Waals surface area contributed by atoms with E-state index >= 15 is 0 Å². The molecule has 0 fully saturated rings. The van der Waals surface area contributed by atoms with Crippen LogP contribution in [0.4, 0.5) is 0 Å². The van der Waals surface area contributed by atoms with Crippen molar-refractivity contribution < 1.29 is 23.8 Å². The number of carbonyl (C=O) groups is 2. The zero-order valence-corrected chi connectivity index (χ0v) is 19.2. The average molecular weight is 518 g/mol. The molecule has 3 aromatic rings. The highest BCUT2D eigenvalue weighted by Gasteiger charge is 2.12. The number of esters is 1. The Kier molecular flexibility index (Phi) is 8.24. The second-order valence-electron chi connectivity index (χ2n) is 6.34. The molecule has 1 N–H and O–H groups in total. The fraction of sp³-hybridized carbons (Fsp3) is 0.0870. The minimum Gasteiger partial charge on any atom is -0.497 e. The van der Waals surface area contributed by atoms with Gasteiger partial charge in [-0.25, -0.2) is 10.2 Å². The third-order valence-electron chi connectivity index (χ3n) is 4.08. The minimum absolute atomic E-state index is 0.222. The summed E-state index contributed by atoms with van der Waals surface area (Å²) < 4.78 is 16.7. The molecule has 0 heterocycles. The van der Waals surface area contributed by atoms with E-state index in [0.717, 1.165) is 4.47 Å².